The van der Waals surface area contributed by atoms with E-state index in [0.717, 1.165) is 16.7 Å². The molecule has 3 aromatic rings. The Hall–Kier alpha value is -3.09. The number of carbonyl (C=O) groups excluding carboxylic acids is 2. The first-order valence-corrected chi connectivity index (χ1v) is 9.59. The average molecular weight is 379 g/mol. The Bertz CT molecular complexity index is 1060. The van der Waals surface area contributed by atoms with Crippen molar-refractivity contribution in [3.63, 3.8) is 0 Å². The topological polar surface area (TPSA) is 72.2 Å². The number of para-hydroxylation sites is 1. The normalized spacial score (nSPS) is 16.5. The molecule has 0 radical (unpaired) electrons. The first-order chi connectivity index (χ1) is 13.4. The zero-order chi connectivity index (χ0) is 20.0. The summed E-state index contributed by atoms with van der Waals surface area (Å²) in [6, 6.07) is 7.75. The van der Waals surface area contributed by atoms with Gasteiger partial charge in [-0.3, -0.25) is 9.59 Å². The van der Waals surface area contributed by atoms with E-state index >= 15 is 0 Å². The lowest BCUT2D eigenvalue weighted by Crippen LogP contribution is -2.41. The van der Waals surface area contributed by atoms with E-state index in [9.17, 15) is 9.59 Å². The molecule has 1 atom stereocenters. The zero-order valence-corrected chi connectivity index (χ0v) is 16.6. The highest BCUT2D eigenvalue weighted by Gasteiger charge is 2.32. The van der Waals surface area contributed by atoms with Crippen molar-refractivity contribution in [1.29, 1.82) is 0 Å². The number of aromatic nitrogens is 3. The number of hydrogen-bond acceptors (Lipinski definition) is 3. The molecule has 0 unspecified atom stereocenters. The van der Waals surface area contributed by atoms with Gasteiger partial charge in [0.15, 0.2) is 0 Å². The molecule has 7 nitrogen and oxygen atoms in total. The number of fused-ring (bicyclic) bond motifs is 2. The van der Waals surface area contributed by atoms with Gasteiger partial charge in [0, 0.05) is 49.5 Å². The van der Waals surface area contributed by atoms with E-state index in [1.54, 1.807) is 6.20 Å². The number of amides is 2. The van der Waals surface area contributed by atoms with Crippen molar-refractivity contribution in [2.45, 2.75) is 39.4 Å². The van der Waals surface area contributed by atoms with Crippen molar-refractivity contribution < 1.29 is 9.59 Å². The Kier molecular flexibility index (Phi) is 4.45. The number of nitrogens with one attached hydrogen (secondary N) is 1. The first-order valence-electron chi connectivity index (χ1n) is 9.59. The molecule has 0 saturated carbocycles. The number of benzene rings is 1. The van der Waals surface area contributed by atoms with Crippen molar-refractivity contribution >= 4 is 22.7 Å². The van der Waals surface area contributed by atoms with E-state index in [0.29, 0.717) is 24.3 Å². The summed E-state index contributed by atoms with van der Waals surface area (Å²) < 4.78 is 3.96. The summed E-state index contributed by atoms with van der Waals surface area (Å²) in [5.41, 5.74) is 2.13. The number of nitrogens with zero attached hydrogens (tertiary/aromatic N) is 4. The van der Waals surface area contributed by atoms with E-state index in [2.05, 4.69) is 10.3 Å². The highest BCUT2D eigenvalue weighted by atomic mass is 16.2. The number of aryl methyl sites for hydroxylation is 1. The van der Waals surface area contributed by atoms with E-state index in [1.807, 2.05) is 72.3 Å². The minimum Gasteiger partial charge on any atom is -0.350 e. The van der Waals surface area contributed by atoms with Gasteiger partial charge in [-0.1, -0.05) is 18.2 Å². The van der Waals surface area contributed by atoms with Gasteiger partial charge in [0.2, 0.25) is 0 Å². The molecule has 0 aliphatic carbocycles. The lowest BCUT2D eigenvalue weighted by atomic mass is 10.1. The number of carbonyl (C=O) groups is 2. The summed E-state index contributed by atoms with van der Waals surface area (Å²) in [5, 5.41) is 3.82. The van der Waals surface area contributed by atoms with Gasteiger partial charge in [0.25, 0.3) is 11.8 Å². The molecule has 2 aromatic heterocycles. The van der Waals surface area contributed by atoms with Crippen LogP contribution in [0.1, 0.15) is 53.5 Å². The molecule has 2 amide bonds. The predicted octanol–water partition coefficient (Wildman–Crippen LogP) is 2.73. The summed E-state index contributed by atoms with van der Waals surface area (Å²) in [6.07, 6.45) is 3.67. The molecular weight excluding hydrogens is 354 g/mol. The lowest BCUT2D eigenvalue weighted by Gasteiger charge is -2.33. The highest BCUT2D eigenvalue weighted by molar-refractivity contribution is 6.07. The monoisotopic (exact) mass is 379 g/mol. The van der Waals surface area contributed by atoms with Crippen molar-refractivity contribution in [1.82, 2.24) is 24.3 Å². The quantitative estimate of drug-likeness (QED) is 0.761. The maximum atomic E-state index is 13.3. The van der Waals surface area contributed by atoms with Crippen LogP contribution in [0.2, 0.25) is 0 Å². The second-order valence-electron chi connectivity index (χ2n) is 7.65. The van der Waals surface area contributed by atoms with Crippen molar-refractivity contribution in [3.8, 4) is 0 Å². The SMILES string of the molecule is CC(C)NC(=O)c1cn2c(n1)[C@H](C)N(C(=O)c1cn(C)c3ccccc13)CC2. The maximum absolute atomic E-state index is 13.3. The smallest absolute Gasteiger partial charge is 0.271 e. The summed E-state index contributed by atoms with van der Waals surface area (Å²) in [6.45, 7) is 7.00. The molecule has 0 saturated heterocycles. The van der Waals surface area contributed by atoms with Crippen molar-refractivity contribution in [3.05, 3.63) is 53.7 Å². The van der Waals surface area contributed by atoms with Crippen LogP contribution >= 0.6 is 0 Å². The Balaban J connectivity index is 1.64. The molecule has 1 aliphatic heterocycles. The minimum atomic E-state index is -0.208. The molecule has 0 spiro atoms. The average Bonchev–Trinajstić information content (AvgIpc) is 3.24. The Morgan fingerprint density at radius 3 is 2.68 bits per heavy atom. The van der Waals surface area contributed by atoms with Gasteiger partial charge in [-0.05, 0) is 26.8 Å². The fourth-order valence-electron chi connectivity index (χ4n) is 3.88. The molecule has 1 aliphatic rings. The highest BCUT2D eigenvalue weighted by Crippen LogP contribution is 2.29. The van der Waals surface area contributed by atoms with Crippen LogP contribution in [0.4, 0.5) is 0 Å². The molecule has 0 fully saturated rings. The minimum absolute atomic E-state index is 0.00766. The summed E-state index contributed by atoms with van der Waals surface area (Å²) in [4.78, 5) is 32.0. The molecule has 146 valence electrons. The van der Waals surface area contributed by atoms with Crippen LogP contribution in [-0.2, 0) is 13.6 Å². The standard InChI is InChI=1S/C21H25N5O2/c1-13(2)22-20(27)17-12-25-9-10-26(14(3)19(25)23-17)21(28)16-11-24(4)18-8-6-5-7-15(16)18/h5-8,11-14H,9-10H2,1-4H3,(H,22,27)/t14-/m0/s1. The van der Waals surface area contributed by atoms with Gasteiger partial charge in [0.05, 0.1) is 11.6 Å². The number of hydrogen-bond donors (Lipinski definition) is 1. The lowest BCUT2D eigenvalue weighted by molar-refractivity contribution is 0.0639. The molecule has 0 bridgehead atoms. The first kappa shape index (κ1) is 18.3. The Morgan fingerprint density at radius 2 is 1.93 bits per heavy atom. The van der Waals surface area contributed by atoms with Crippen LogP contribution in [-0.4, -0.2) is 43.4 Å². The van der Waals surface area contributed by atoms with Crippen LogP contribution in [0, 0.1) is 0 Å². The zero-order valence-electron chi connectivity index (χ0n) is 16.6. The van der Waals surface area contributed by atoms with Crippen molar-refractivity contribution in [2.24, 2.45) is 7.05 Å². The predicted molar refractivity (Wildman–Crippen MR) is 107 cm³/mol. The molecule has 1 N–H and O–H groups in total. The number of imidazole rings is 1. The summed E-state index contributed by atoms with van der Waals surface area (Å²) >= 11 is 0. The van der Waals surface area contributed by atoms with Crippen LogP contribution < -0.4 is 5.32 Å². The second-order valence-corrected chi connectivity index (χ2v) is 7.65. The Morgan fingerprint density at radius 1 is 1.18 bits per heavy atom. The molecule has 4 rings (SSSR count). The van der Waals surface area contributed by atoms with Crippen molar-refractivity contribution in [2.75, 3.05) is 6.54 Å². The van der Waals surface area contributed by atoms with Gasteiger partial charge in [-0.15, -0.1) is 0 Å². The van der Waals surface area contributed by atoms with Crippen LogP contribution in [0.25, 0.3) is 10.9 Å². The van der Waals surface area contributed by atoms with E-state index in [1.165, 1.54) is 0 Å². The van der Waals surface area contributed by atoms with E-state index < -0.39 is 0 Å². The molecule has 7 heteroatoms. The van der Waals surface area contributed by atoms with Crippen LogP contribution in [0.15, 0.2) is 36.7 Å². The maximum Gasteiger partial charge on any atom is 0.271 e. The third-order valence-electron chi connectivity index (χ3n) is 5.27. The summed E-state index contributed by atoms with van der Waals surface area (Å²) in [5.74, 6) is 0.552. The van der Waals surface area contributed by atoms with Crippen LogP contribution in [0.5, 0.6) is 0 Å². The fourth-order valence-corrected chi connectivity index (χ4v) is 3.88. The van der Waals surface area contributed by atoms with Crippen LogP contribution in [0.3, 0.4) is 0 Å². The molecule has 28 heavy (non-hydrogen) atoms. The molecular formula is C21H25N5O2. The van der Waals surface area contributed by atoms with Gasteiger partial charge in [0.1, 0.15) is 11.5 Å². The van der Waals surface area contributed by atoms with Gasteiger partial charge in [-0.25, -0.2) is 4.98 Å². The fraction of sp³-hybridized carbons (Fsp3) is 0.381. The molecule has 1 aromatic carbocycles. The Labute approximate surface area is 164 Å². The largest absolute Gasteiger partial charge is 0.350 e. The summed E-state index contributed by atoms with van der Waals surface area (Å²) in [7, 11) is 1.95. The van der Waals surface area contributed by atoms with E-state index in [-0.39, 0.29) is 23.9 Å². The van der Waals surface area contributed by atoms with Gasteiger partial charge < -0.3 is 19.4 Å². The third kappa shape index (κ3) is 2.96. The van der Waals surface area contributed by atoms with E-state index in [4.69, 9.17) is 0 Å². The van der Waals surface area contributed by atoms with Gasteiger partial charge >= 0.3 is 0 Å². The third-order valence-corrected chi connectivity index (χ3v) is 5.27. The molecule has 3 heterocycles. The number of rotatable bonds is 3. The van der Waals surface area contributed by atoms with Gasteiger partial charge in [-0.2, -0.15) is 0 Å². The second kappa shape index (κ2) is 6.82.